The average Bonchev–Trinajstić information content (AvgIpc) is 2.78. The molecule has 3 N–H and O–H groups in total. The van der Waals surface area contributed by atoms with E-state index < -0.39 is 0 Å². The Bertz CT molecular complexity index is 333. The summed E-state index contributed by atoms with van der Waals surface area (Å²) in [4.78, 5) is 7.87. The van der Waals surface area contributed by atoms with E-state index in [2.05, 4.69) is 22.4 Å². The zero-order chi connectivity index (χ0) is 12.1. The molecule has 0 bridgehead atoms. The third kappa shape index (κ3) is 3.94. The second kappa shape index (κ2) is 6.33. The van der Waals surface area contributed by atoms with Crippen LogP contribution in [-0.4, -0.2) is 23.5 Å². The second-order valence-electron chi connectivity index (χ2n) is 4.98. The van der Waals surface area contributed by atoms with Gasteiger partial charge in [-0.25, -0.2) is 10.8 Å². The molecule has 1 aliphatic rings. The summed E-state index contributed by atoms with van der Waals surface area (Å²) in [6, 6.07) is 0. The van der Waals surface area contributed by atoms with Gasteiger partial charge < -0.3 is 4.90 Å². The van der Waals surface area contributed by atoms with Crippen molar-refractivity contribution in [1.29, 1.82) is 0 Å². The highest BCUT2D eigenvalue weighted by atomic mass is 32.1. The lowest BCUT2D eigenvalue weighted by Crippen LogP contribution is -2.26. The molecule has 0 aliphatic heterocycles. The Balaban J connectivity index is 1.77. The van der Waals surface area contributed by atoms with E-state index in [1.165, 1.54) is 43.5 Å². The van der Waals surface area contributed by atoms with Crippen LogP contribution in [0, 0.1) is 5.92 Å². The molecular weight excluding hydrogens is 232 g/mol. The van der Waals surface area contributed by atoms with Crippen molar-refractivity contribution in [1.82, 2.24) is 9.88 Å². The summed E-state index contributed by atoms with van der Waals surface area (Å²) in [5.41, 5.74) is 2.59. The molecule has 0 unspecified atom stereocenters. The van der Waals surface area contributed by atoms with Gasteiger partial charge in [-0.05, 0) is 25.8 Å². The summed E-state index contributed by atoms with van der Waals surface area (Å²) in [5.74, 6) is 6.22. The number of nitrogen functional groups attached to an aromatic ring is 1. The molecule has 0 saturated heterocycles. The molecule has 0 atom stereocenters. The summed E-state index contributed by atoms with van der Waals surface area (Å²) in [6.07, 6.45) is 8.99. The predicted molar refractivity (Wildman–Crippen MR) is 72.8 cm³/mol. The first-order valence-corrected chi connectivity index (χ1v) is 7.19. The molecule has 1 heterocycles. The highest BCUT2D eigenvalue weighted by Crippen LogP contribution is 2.25. The van der Waals surface area contributed by atoms with Gasteiger partial charge in [0, 0.05) is 24.2 Å². The van der Waals surface area contributed by atoms with Gasteiger partial charge in [0.1, 0.15) is 0 Å². The van der Waals surface area contributed by atoms with Crippen LogP contribution in [0.25, 0.3) is 0 Å². The Hall–Kier alpha value is -0.650. The topological polar surface area (TPSA) is 54.2 Å². The Labute approximate surface area is 107 Å². The first-order valence-electron chi connectivity index (χ1n) is 6.38. The van der Waals surface area contributed by atoms with Crippen LogP contribution in [0.1, 0.15) is 37.0 Å². The molecular formula is C12H22N4S. The van der Waals surface area contributed by atoms with Crippen molar-refractivity contribution in [3.05, 3.63) is 11.1 Å². The SMILES string of the molecule is CN(Cc1cnc(NN)s1)CC1CCCCC1. The maximum atomic E-state index is 5.33. The van der Waals surface area contributed by atoms with Crippen LogP contribution in [0.4, 0.5) is 5.13 Å². The number of nitrogens with zero attached hydrogens (tertiary/aromatic N) is 2. The van der Waals surface area contributed by atoms with Gasteiger partial charge in [-0.15, -0.1) is 0 Å². The number of rotatable bonds is 5. The van der Waals surface area contributed by atoms with Crippen molar-refractivity contribution in [3.63, 3.8) is 0 Å². The van der Waals surface area contributed by atoms with Gasteiger partial charge >= 0.3 is 0 Å². The molecule has 0 aromatic carbocycles. The fourth-order valence-electron chi connectivity index (χ4n) is 2.59. The Morgan fingerprint density at radius 3 is 2.88 bits per heavy atom. The van der Waals surface area contributed by atoms with E-state index in [-0.39, 0.29) is 0 Å². The fourth-order valence-corrected chi connectivity index (χ4v) is 3.39. The van der Waals surface area contributed by atoms with Gasteiger partial charge in [0.15, 0.2) is 5.13 Å². The summed E-state index contributed by atoms with van der Waals surface area (Å²) in [6.45, 7) is 2.19. The number of thiazole rings is 1. The lowest BCUT2D eigenvalue weighted by molar-refractivity contribution is 0.229. The lowest BCUT2D eigenvalue weighted by Gasteiger charge is -2.26. The average molecular weight is 254 g/mol. The third-order valence-electron chi connectivity index (χ3n) is 3.40. The van der Waals surface area contributed by atoms with Crippen molar-refractivity contribution in [2.24, 2.45) is 11.8 Å². The van der Waals surface area contributed by atoms with Crippen molar-refractivity contribution in [2.45, 2.75) is 38.6 Å². The minimum atomic E-state index is 0.797. The van der Waals surface area contributed by atoms with E-state index in [0.29, 0.717) is 0 Å². The molecule has 5 heteroatoms. The molecule has 96 valence electrons. The molecule has 1 aromatic rings. The Kier molecular flexibility index (Phi) is 4.76. The van der Waals surface area contributed by atoms with E-state index in [4.69, 9.17) is 5.84 Å². The Morgan fingerprint density at radius 2 is 2.24 bits per heavy atom. The van der Waals surface area contributed by atoms with Crippen molar-refractivity contribution >= 4 is 16.5 Å². The molecule has 2 rings (SSSR count). The molecule has 1 aliphatic carbocycles. The van der Waals surface area contributed by atoms with Crippen LogP contribution < -0.4 is 11.3 Å². The summed E-state index contributed by atoms with van der Waals surface area (Å²) in [5, 5.41) is 0.797. The number of aromatic nitrogens is 1. The van der Waals surface area contributed by atoms with Crippen LogP contribution in [0.3, 0.4) is 0 Å². The van der Waals surface area contributed by atoms with Gasteiger partial charge in [-0.1, -0.05) is 30.6 Å². The molecule has 0 spiro atoms. The first kappa shape index (κ1) is 12.8. The summed E-state index contributed by atoms with van der Waals surface area (Å²) in [7, 11) is 2.20. The number of hydrogen-bond donors (Lipinski definition) is 2. The predicted octanol–water partition coefficient (Wildman–Crippen LogP) is 2.44. The minimum Gasteiger partial charge on any atom is -0.301 e. The van der Waals surface area contributed by atoms with Crippen LogP contribution in [0.2, 0.25) is 0 Å². The van der Waals surface area contributed by atoms with Gasteiger partial charge in [0.05, 0.1) is 0 Å². The molecule has 1 saturated carbocycles. The maximum Gasteiger partial charge on any atom is 0.197 e. The quantitative estimate of drug-likeness (QED) is 0.626. The fraction of sp³-hybridized carbons (Fsp3) is 0.750. The van der Waals surface area contributed by atoms with E-state index >= 15 is 0 Å². The normalized spacial score (nSPS) is 17.6. The van der Waals surface area contributed by atoms with Gasteiger partial charge in [0.25, 0.3) is 0 Å². The second-order valence-corrected chi connectivity index (χ2v) is 6.09. The smallest absolute Gasteiger partial charge is 0.197 e. The van der Waals surface area contributed by atoms with Gasteiger partial charge in [0.2, 0.25) is 0 Å². The molecule has 4 nitrogen and oxygen atoms in total. The highest BCUT2D eigenvalue weighted by molar-refractivity contribution is 7.15. The van der Waals surface area contributed by atoms with Gasteiger partial charge in [-0.3, -0.25) is 5.43 Å². The summed E-state index contributed by atoms with van der Waals surface area (Å²) >= 11 is 1.63. The minimum absolute atomic E-state index is 0.797. The van der Waals surface area contributed by atoms with Crippen molar-refractivity contribution in [2.75, 3.05) is 19.0 Å². The van der Waals surface area contributed by atoms with E-state index in [1.54, 1.807) is 11.3 Å². The molecule has 0 radical (unpaired) electrons. The molecule has 0 amide bonds. The number of nitrogens with two attached hydrogens (primary N) is 1. The Morgan fingerprint density at radius 1 is 1.47 bits per heavy atom. The van der Waals surface area contributed by atoms with E-state index in [0.717, 1.165) is 17.6 Å². The molecule has 17 heavy (non-hydrogen) atoms. The molecule has 1 aromatic heterocycles. The molecule has 1 fully saturated rings. The number of hydrogen-bond acceptors (Lipinski definition) is 5. The van der Waals surface area contributed by atoms with Crippen molar-refractivity contribution < 1.29 is 0 Å². The van der Waals surface area contributed by atoms with E-state index in [1.807, 2.05) is 6.20 Å². The lowest BCUT2D eigenvalue weighted by atomic mass is 9.89. The van der Waals surface area contributed by atoms with Gasteiger partial charge in [-0.2, -0.15) is 0 Å². The number of hydrazine groups is 1. The van der Waals surface area contributed by atoms with Crippen LogP contribution >= 0.6 is 11.3 Å². The number of nitrogens with one attached hydrogen (secondary N) is 1. The third-order valence-corrected chi connectivity index (χ3v) is 4.31. The first-order chi connectivity index (χ1) is 8.28. The van der Waals surface area contributed by atoms with Crippen LogP contribution in [-0.2, 0) is 6.54 Å². The van der Waals surface area contributed by atoms with E-state index in [9.17, 15) is 0 Å². The van der Waals surface area contributed by atoms with Crippen LogP contribution in [0.5, 0.6) is 0 Å². The summed E-state index contributed by atoms with van der Waals surface area (Å²) < 4.78 is 0. The highest BCUT2D eigenvalue weighted by Gasteiger charge is 2.15. The zero-order valence-electron chi connectivity index (χ0n) is 10.5. The van der Waals surface area contributed by atoms with Crippen molar-refractivity contribution in [3.8, 4) is 0 Å². The maximum absolute atomic E-state index is 5.33. The number of anilines is 1. The standard InChI is InChI=1S/C12H22N4S/c1-16(8-10-5-3-2-4-6-10)9-11-7-14-12(15-13)17-11/h7,10H,2-6,8-9,13H2,1H3,(H,14,15). The zero-order valence-corrected chi connectivity index (χ0v) is 11.3. The van der Waals surface area contributed by atoms with Crippen LogP contribution in [0.15, 0.2) is 6.20 Å². The monoisotopic (exact) mass is 254 g/mol. The largest absolute Gasteiger partial charge is 0.301 e.